The first kappa shape index (κ1) is 17.6. The fraction of sp³-hybridized carbons (Fsp3) is 0.450. The Bertz CT molecular complexity index is 822. The summed E-state index contributed by atoms with van der Waals surface area (Å²) in [5, 5.41) is 5.82. The normalized spacial score (nSPS) is 16.0. The minimum Gasteiger partial charge on any atom is -0.446 e. The number of aryl methyl sites for hydroxylation is 1. The number of hydrogen-bond donors (Lipinski definition) is 2. The summed E-state index contributed by atoms with van der Waals surface area (Å²) >= 11 is 0. The average Bonchev–Trinajstić information content (AvgIpc) is 3.60. The topological polar surface area (TPSA) is 87.5 Å². The lowest BCUT2D eigenvalue weighted by atomic mass is 10.1. The SMILES string of the molecule is CCc1ccc(NC(=O)N(Cc2nc(C(=O)NC3CC3)co2)C2CC2)cc1. The van der Waals surface area contributed by atoms with E-state index in [1.807, 2.05) is 24.3 Å². The number of anilines is 1. The molecule has 1 aromatic heterocycles. The second-order valence-electron chi connectivity index (χ2n) is 7.21. The van der Waals surface area contributed by atoms with Crippen molar-refractivity contribution in [2.24, 2.45) is 0 Å². The van der Waals surface area contributed by atoms with Gasteiger partial charge in [-0.25, -0.2) is 9.78 Å². The van der Waals surface area contributed by atoms with E-state index >= 15 is 0 Å². The maximum Gasteiger partial charge on any atom is 0.322 e. The molecule has 1 aromatic carbocycles. The standard InChI is InChI=1S/C20H24N4O3/c1-2-13-3-5-15(6-4-13)22-20(26)24(16-9-10-16)11-18-23-17(12-27-18)19(25)21-14-7-8-14/h3-6,12,14,16H,2,7-11H2,1H3,(H,21,25)(H,22,26). The third-order valence-electron chi connectivity index (χ3n) is 4.86. The van der Waals surface area contributed by atoms with Gasteiger partial charge in [0.2, 0.25) is 5.89 Å². The number of oxazole rings is 1. The van der Waals surface area contributed by atoms with E-state index in [4.69, 9.17) is 4.42 Å². The van der Waals surface area contributed by atoms with Crippen LogP contribution in [0.1, 0.15) is 54.5 Å². The molecule has 3 amide bonds. The van der Waals surface area contributed by atoms with Crippen molar-refractivity contribution in [2.45, 2.75) is 57.7 Å². The summed E-state index contributed by atoms with van der Waals surface area (Å²) in [5.41, 5.74) is 2.26. The van der Waals surface area contributed by atoms with Crippen LogP contribution >= 0.6 is 0 Å². The third-order valence-corrected chi connectivity index (χ3v) is 4.86. The van der Waals surface area contributed by atoms with Crippen molar-refractivity contribution in [1.29, 1.82) is 0 Å². The molecule has 0 atom stereocenters. The summed E-state index contributed by atoms with van der Waals surface area (Å²) in [6, 6.07) is 8.12. The summed E-state index contributed by atoms with van der Waals surface area (Å²) in [5.74, 6) is 0.158. The molecule has 1 heterocycles. The van der Waals surface area contributed by atoms with Crippen molar-refractivity contribution in [1.82, 2.24) is 15.2 Å². The molecule has 2 aliphatic carbocycles. The highest BCUT2D eigenvalue weighted by molar-refractivity contribution is 5.92. The van der Waals surface area contributed by atoms with E-state index in [1.165, 1.54) is 11.8 Å². The highest BCUT2D eigenvalue weighted by Crippen LogP contribution is 2.29. The number of nitrogens with zero attached hydrogens (tertiary/aromatic N) is 2. The predicted molar refractivity (Wildman–Crippen MR) is 100 cm³/mol. The van der Waals surface area contributed by atoms with Crippen molar-refractivity contribution in [2.75, 3.05) is 5.32 Å². The fourth-order valence-electron chi connectivity index (χ4n) is 2.89. The molecular formula is C20H24N4O3. The molecular weight excluding hydrogens is 344 g/mol. The minimum absolute atomic E-state index is 0.177. The molecule has 2 aromatic rings. The van der Waals surface area contributed by atoms with Gasteiger partial charge in [0, 0.05) is 17.8 Å². The molecule has 0 aliphatic heterocycles. The van der Waals surface area contributed by atoms with Crippen LogP contribution in [0.15, 0.2) is 34.9 Å². The summed E-state index contributed by atoms with van der Waals surface area (Å²) in [7, 11) is 0. The largest absolute Gasteiger partial charge is 0.446 e. The molecule has 142 valence electrons. The molecule has 7 heteroatoms. The molecule has 0 saturated heterocycles. The van der Waals surface area contributed by atoms with Gasteiger partial charge < -0.3 is 20.0 Å². The number of benzene rings is 1. The average molecular weight is 368 g/mol. The fourth-order valence-corrected chi connectivity index (χ4v) is 2.89. The molecule has 0 spiro atoms. The Morgan fingerprint density at radius 3 is 2.56 bits per heavy atom. The highest BCUT2D eigenvalue weighted by atomic mass is 16.3. The van der Waals surface area contributed by atoms with Crippen molar-refractivity contribution in [3.63, 3.8) is 0 Å². The van der Waals surface area contributed by atoms with Gasteiger partial charge >= 0.3 is 6.03 Å². The first-order valence-corrected chi connectivity index (χ1v) is 9.54. The first-order valence-electron chi connectivity index (χ1n) is 9.54. The van der Waals surface area contributed by atoms with Gasteiger partial charge in [0.25, 0.3) is 5.91 Å². The predicted octanol–water partition coefficient (Wildman–Crippen LogP) is 3.33. The molecule has 4 rings (SSSR count). The van der Waals surface area contributed by atoms with Gasteiger partial charge in [0.05, 0.1) is 6.54 Å². The Morgan fingerprint density at radius 2 is 1.93 bits per heavy atom. The van der Waals surface area contributed by atoms with Crippen molar-refractivity contribution < 1.29 is 14.0 Å². The van der Waals surface area contributed by atoms with E-state index in [1.54, 1.807) is 4.90 Å². The zero-order chi connectivity index (χ0) is 18.8. The second-order valence-corrected chi connectivity index (χ2v) is 7.21. The molecule has 27 heavy (non-hydrogen) atoms. The number of hydrogen-bond acceptors (Lipinski definition) is 4. The monoisotopic (exact) mass is 368 g/mol. The maximum atomic E-state index is 12.7. The van der Waals surface area contributed by atoms with Crippen molar-refractivity contribution >= 4 is 17.6 Å². The zero-order valence-electron chi connectivity index (χ0n) is 15.4. The second kappa shape index (κ2) is 7.42. The van der Waals surface area contributed by atoms with Crippen molar-refractivity contribution in [3.05, 3.63) is 47.7 Å². The lowest BCUT2D eigenvalue weighted by Gasteiger charge is -2.21. The maximum absolute atomic E-state index is 12.7. The summed E-state index contributed by atoms with van der Waals surface area (Å²) in [6.07, 6.45) is 6.30. The van der Waals surface area contributed by atoms with Gasteiger partial charge in [-0.3, -0.25) is 4.79 Å². The van der Waals surface area contributed by atoms with Gasteiger partial charge in [0.1, 0.15) is 6.26 Å². The van der Waals surface area contributed by atoms with E-state index in [0.29, 0.717) is 5.89 Å². The van der Waals surface area contributed by atoms with Gasteiger partial charge in [-0.2, -0.15) is 0 Å². The Labute approximate surface area is 158 Å². The molecule has 2 aliphatic rings. The summed E-state index contributed by atoms with van der Waals surface area (Å²) in [6.45, 7) is 2.35. The van der Waals surface area contributed by atoms with Crippen molar-refractivity contribution in [3.8, 4) is 0 Å². The van der Waals surface area contributed by atoms with E-state index in [-0.39, 0.29) is 36.3 Å². The summed E-state index contributed by atoms with van der Waals surface area (Å²) < 4.78 is 5.43. The first-order chi connectivity index (χ1) is 13.1. The molecule has 0 unspecified atom stereocenters. The molecule has 0 radical (unpaired) electrons. The van der Waals surface area contributed by atoms with Gasteiger partial charge in [-0.05, 0) is 49.8 Å². The number of rotatable bonds is 7. The lowest BCUT2D eigenvalue weighted by molar-refractivity contribution is 0.0946. The van der Waals surface area contributed by atoms with Crippen LogP contribution in [0.5, 0.6) is 0 Å². The molecule has 7 nitrogen and oxygen atoms in total. The van der Waals surface area contributed by atoms with Crippen LogP contribution < -0.4 is 10.6 Å². The van der Waals surface area contributed by atoms with E-state index in [9.17, 15) is 9.59 Å². The lowest BCUT2D eigenvalue weighted by Crippen LogP contribution is -2.36. The number of nitrogens with one attached hydrogen (secondary N) is 2. The Balaban J connectivity index is 1.39. The molecule has 2 N–H and O–H groups in total. The number of carbonyl (C=O) groups excluding carboxylic acids is 2. The Hall–Kier alpha value is -2.83. The highest BCUT2D eigenvalue weighted by Gasteiger charge is 2.34. The minimum atomic E-state index is -0.217. The van der Waals surface area contributed by atoms with Gasteiger partial charge in [-0.1, -0.05) is 19.1 Å². The van der Waals surface area contributed by atoms with Crippen LogP contribution in [0.3, 0.4) is 0 Å². The summed E-state index contributed by atoms with van der Waals surface area (Å²) in [4.78, 5) is 30.7. The number of carbonyl (C=O) groups is 2. The van der Waals surface area contributed by atoms with Crippen LogP contribution in [-0.4, -0.2) is 33.9 Å². The quantitative estimate of drug-likeness (QED) is 0.785. The van der Waals surface area contributed by atoms with Gasteiger partial charge in [0.15, 0.2) is 5.69 Å². The molecule has 0 bridgehead atoms. The Morgan fingerprint density at radius 1 is 1.19 bits per heavy atom. The van der Waals surface area contributed by atoms with Crippen LogP contribution in [0.4, 0.5) is 10.5 Å². The third kappa shape index (κ3) is 4.48. The zero-order valence-corrected chi connectivity index (χ0v) is 15.4. The van der Waals surface area contributed by atoms with Gasteiger partial charge in [-0.15, -0.1) is 0 Å². The number of amides is 3. The van der Waals surface area contributed by atoms with E-state index in [2.05, 4.69) is 22.5 Å². The van der Waals surface area contributed by atoms with Crippen LogP contribution in [0.2, 0.25) is 0 Å². The number of aromatic nitrogens is 1. The van der Waals surface area contributed by atoms with Crippen LogP contribution in [-0.2, 0) is 13.0 Å². The van der Waals surface area contributed by atoms with Crippen LogP contribution in [0, 0.1) is 0 Å². The van der Waals surface area contributed by atoms with E-state index < -0.39 is 0 Å². The molecule has 2 saturated carbocycles. The van der Waals surface area contributed by atoms with Crippen LogP contribution in [0.25, 0.3) is 0 Å². The molecule has 2 fully saturated rings. The van der Waals surface area contributed by atoms with E-state index in [0.717, 1.165) is 37.8 Å². The Kier molecular flexibility index (Phi) is 4.83. The smallest absolute Gasteiger partial charge is 0.322 e. The number of urea groups is 1.